The second-order valence-corrected chi connectivity index (χ2v) is 4.28. The van der Waals surface area contributed by atoms with Crippen molar-refractivity contribution in [1.29, 1.82) is 0 Å². The summed E-state index contributed by atoms with van der Waals surface area (Å²) in [7, 11) is 0. The summed E-state index contributed by atoms with van der Waals surface area (Å²) < 4.78 is 13.8. The zero-order chi connectivity index (χ0) is 14.6. The minimum Gasteiger partial charge on any atom is -0.478 e. The number of carbonyl (C=O) groups is 2. The molecule has 0 radical (unpaired) electrons. The van der Waals surface area contributed by atoms with Crippen molar-refractivity contribution >= 4 is 11.9 Å². The van der Waals surface area contributed by atoms with Crippen molar-refractivity contribution < 1.29 is 19.1 Å². The lowest BCUT2D eigenvalue weighted by molar-refractivity contribution is 0.0693. The fourth-order valence-electron chi connectivity index (χ4n) is 1.64. The predicted octanol–water partition coefficient (Wildman–Crippen LogP) is 2.56. The summed E-state index contributed by atoms with van der Waals surface area (Å²) >= 11 is 0. The number of halogens is 1. The lowest BCUT2D eigenvalue weighted by Gasteiger charge is -2.21. The van der Waals surface area contributed by atoms with Gasteiger partial charge < -0.3 is 10.0 Å². The number of carboxylic acid groups (broad SMARTS) is 1. The number of benzene rings is 1. The maximum atomic E-state index is 13.8. The van der Waals surface area contributed by atoms with Gasteiger partial charge in [0.25, 0.3) is 5.91 Å². The summed E-state index contributed by atoms with van der Waals surface area (Å²) in [6.45, 7) is 8.04. The van der Waals surface area contributed by atoms with E-state index in [2.05, 4.69) is 6.58 Å². The molecule has 0 atom stereocenters. The first-order valence-corrected chi connectivity index (χ1v) is 5.83. The molecule has 0 spiro atoms. The van der Waals surface area contributed by atoms with Crippen molar-refractivity contribution in [3.05, 3.63) is 47.3 Å². The van der Waals surface area contributed by atoms with Gasteiger partial charge in [-0.25, -0.2) is 9.18 Å². The standard InChI is InChI=1S/C14H16FNO3/c1-4-16(8-9(2)3)13(17)11-6-5-10(14(18)19)7-12(11)15/h5-7H,2,4,8H2,1,3H3,(H,18,19). The molecule has 5 heteroatoms. The van der Waals surface area contributed by atoms with Gasteiger partial charge in [0.1, 0.15) is 5.82 Å². The van der Waals surface area contributed by atoms with Crippen LogP contribution < -0.4 is 0 Å². The molecule has 0 bridgehead atoms. The molecule has 0 aromatic heterocycles. The summed E-state index contributed by atoms with van der Waals surface area (Å²) in [6, 6.07) is 3.26. The van der Waals surface area contributed by atoms with Crippen LogP contribution in [0.2, 0.25) is 0 Å². The molecule has 0 heterocycles. The average molecular weight is 265 g/mol. The fourth-order valence-corrected chi connectivity index (χ4v) is 1.64. The number of hydrogen-bond acceptors (Lipinski definition) is 2. The number of amides is 1. The smallest absolute Gasteiger partial charge is 0.335 e. The van der Waals surface area contributed by atoms with Gasteiger partial charge in [-0.3, -0.25) is 4.79 Å². The van der Waals surface area contributed by atoms with Crippen molar-refractivity contribution in [3.8, 4) is 0 Å². The quantitative estimate of drug-likeness (QED) is 0.832. The first kappa shape index (κ1) is 14.9. The van der Waals surface area contributed by atoms with E-state index in [1.165, 1.54) is 17.0 Å². The van der Waals surface area contributed by atoms with Gasteiger partial charge in [0.15, 0.2) is 0 Å². The molecule has 1 rings (SSSR count). The molecule has 0 unspecified atom stereocenters. The van der Waals surface area contributed by atoms with E-state index < -0.39 is 17.7 Å². The van der Waals surface area contributed by atoms with Crippen LogP contribution in [-0.2, 0) is 0 Å². The van der Waals surface area contributed by atoms with Gasteiger partial charge in [-0.1, -0.05) is 12.2 Å². The highest BCUT2D eigenvalue weighted by molar-refractivity contribution is 5.96. The molecule has 0 aliphatic heterocycles. The Hall–Kier alpha value is -2.17. The molecular formula is C14H16FNO3. The first-order chi connectivity index (χ1) is 8.86. The summed E-state index contributed by atoms with van der Waals surface area (Å²) in [6.07, 6.45) is 0. The van der Waals surface area contributed by atoms with Crippen LogP contribution in [0.3, 0.4) is 0 Å². The molecule has 0 fully saturated rings. The van der Waals surface area contributed by atoms with Gasteiger partial charge in [0.2, 0.25) is 0 Å². The second kappa shape index (κ2) is 6.13. The maximum Gasteiger partial charge on any atom is 0.335 e. The van der Waals surface area contributed by atoms with E-state index in [4.69, 9.17) is 5.11 Å². The number of hydrogen-bond donors (Lipinski definition) is 1. The van der Waals surface area contributed by atoms with Crippen LogP contribution in [0.4, 0.5) is 4.39 Å². The number of likely N-dealkylation sites (N-methyl/N-ethyl adjacent to an activating group) is 1. The number of nitrogens with zero attached hydrogens (tertiary/aromatic N) is 1. The van der Waals surface area contributed by atoms with Gasteiger partial charge in [0, 0.05) is 13.1 Å². The topological polar surface area (TPSA) is 57.6 Å². The Morgan fingerprint density at radius 3 is 2.47 bits per heavy atom. The third-order valence-electron chi connectivity index (χ3n) is 2.58. The third kappa shape index (κ3) is 3.64. The average Bonchev–Trinajstić information content (AvgIpc) is 2.34. The van der Waals surface area contributed by atoms with Crippen molar-refractivity contribution in [2.45, 2.75) is 13.8 Å². The third-order valence-corrected chi connectivity index (χ3v) is 2.58. The van der Waals surface area contributed by atoms with Crippen molar-refractivity contribution in [2.75, 3.05) is 13.1 Å². The first-order valence-electron chi connectivity index (χ1n) is 5.83. The number of carboxylic acids is 1. The van der Waals surface area contributed by atoms with E-state index in [9.17, 15) is 14.0 Å². The van der Waals surface area contributed by atoms with Gasteiger partial charge in [-0.2, -0.15) is 0 Å². The van der Waals surface area contributed by atoms with Crippen LogP contribution in [0.25, 0.3) is 0 Å². The van der Waals surface area contributed by atoms with Gasteiger partial charge in [-0.15, -0.1) is 0 Å². The number of aromatic carboxylic acids is 1. The minimum atomic E-state index is -1.23. The molecule has 1 N–H and O–H groups in total. The minimum absolute atomic E-state index is 0.131. The van der Waals surface area contributed by atoms with Crippen molar-refractivity contribution in [1.82, 2.24) is 4.90 Å². The molecule has 1 amide bonds. The highest BCUT2D eigenvalue weighted by atomic mass is 19.1. The van der Waals surface area contributed by atoms with E-state index in [1.807, 2.05) is 0 Å². The van der Waals surface area contributed by atoms with E-state index >= 15 is 0 Å². The monoisotopic (exact) mass is 265 g/mol. The van der Waals surface area contributed by atoms with Crippen LogP contribution in [-0.4, -0.2) is 35.0 Å². The molecule has 4 nitrogen and oxygen atoms in total. The normalized spacial score (nSPS) is 10.1. The van der Waals surface area contributed by atoms with Crippen LogP contribution in [0, 0.1) is 5.82 Å². The summed E-state index contributed by atoms with van der Waals surface area (Å²) in [5.74, 6) is -2.53. The van der Waals surface area contributed by atoms with Gasteiger partial charge in [-0.05, 0) is 32.0 Å². The van der Waals surface area contributed by atoms with Crippen molar-refractivity contribution in [2.24, 2.45) is 0 Å². The predicted molar refractivity (Wildman–Crippen MR) is 69.8 cm³/mol. The van der Waals surface area contributed by atoms with Gasteiger partial charge >= 0.3 is 5.97 Å². The largest absolute Gasteiger partial charge is 0.478 e. The molecular weight excluding hydrogens is 249 g/mol. The Morgan fingerprint density at radius 1 is 1.42 bits per heavy atom. The van der Waals surface area contributed by atoms with Crippen LogP contribution in [0.1, 0.15) is 34.6 Å². The van der Waals surface area contributed by atoms with E-state index in [-0.39, 0.29) is 11.1 Å². The Labute approximate surface area is 111 Å². The lowest BCUT2D eigenvalue weighted by atomic mass is 10.1. The van der Waals surface area contributed by atoms with E-state index in [0.29, 0.717) is 13.1 Å². The van der Waals surface area contributed by atoms with E-state index in [0.717, 1.165) is 11.6 Å². The molecule has 19 heavy (non-hydrogen) atoms. The summed E-state index contributed by atoms with van der Waals surface area (Å²) in [5, 5.41) is 8.74. The summed E-state index contributed by atoms with van der Waals surface area (Å²) in [4.78, 5) is 24.3. The Bertz CT molecular complexity index is 525. The van der Waals surface area contributed by atoms with Gasteiger partial charge in [0.05, 0.1) is 11.1 Å². The molecule has 102 valence electrons. The highest BCUT2D eigenvalue weighted by Gasteiger charge is 2.19. The Kier molecular flexibility index (Phi) is 4.80. The Morgan fingerprint density at radius 2 is 2.05 bits per heavy atom. The fraction of sp³-hybridized carbons (Fsp3) is 0.286. The van der Waals surface area contributed by atoms with Crippen LogP contribution in [0.15, 0.2) is 30.4 Å². The number of rotatable bonds is 5. The van der Waals surface area contributed by atoms with Crippen LogP contribution >= 0.6 is 0 Å². The van der Waals surface area contributed by atoms with Crippen molar-refractivity contribution in [3.63, 3.8) is 0 Å². The Balaban J connectivity index is 3.05. The molecule has 1 aromatic carbocycles. The number of carbonyl (C=O) groups excluding carboxylic acids is 1. The zero-order valence-corrected chi connectivity index (χ0v) is 10.9. The van der Waals surface area contributed by atoms with E-state index in [1.54, 1.807) is 13.8 Å². The lowest BCUT2D eigenvalue weighted by Crippen LogP contribution is -2.32. The highest BCUT2D eigenvalue weighted by Crippen LogP contribution is 2.14. The second-order valence-electron chi connectivity index (χ2n) is 4.28. The maximum absolute atomic E-state index is 13.8. The SMILES string of the molecule is C=C(C)CN(CC)C(=O)c1ccc(C(=O)O)cc1F. The molecule has 0 aliphatic rings. The van der Waals surface area contributed by atoms with Crippen LogP contribution in [0.5, 0.6) is 0 Å². The summed E-state index contributed by atoms with van der Waals surface area (Å²) in [5.41, 5.74) is 0.475. The molecule has 0 saturated carbocycles. The molecule has 0 aliphatic carbocycles. The molecule has 0 saturated heterocycles. The molecule has 1 aromatic rings. The zero-order valence-electron chi connectivity index (χ0n) is 10.9.